The summed E-state index contributed by atoms with van der Waals surface area (Å²) in [5.74, 6) is 0. The third-order valence-corrected chi connectivity index (χ3v) is 3.92. The number of para-hydroxylation sites is 2. The highest BCUT2D eigenvalue weighted by Gasteiger charge is 2.08. The number of nitrogens with one attached hydrogen (secondary N) is 2. The van der Waals surface area contributed by atoms with Crippen molar-refractivity contribution < 1.29 is 4.79 Å². The van der Waals surface area contributed by atoms with Crippen LogP contribution < -0.4 is 10.6 Å². The smallest absolute Gasteiger partial charge is 0.306 e. The molecular weight excluding hydrogens is 294 g/mol. The average molecular weight is 304 g/mol. The molecule has 4 nitrogen and oxygen atoms in total. The molecule has 0 spiro atoms. The number of halogens is 1. The van der Waals surface area contributed by atoms with Gasteiger partial charge in [-0.15, -0.1) is 0 Å². The number of hydrogen-bond acceptors (Lipinski definition) is 3. The van der Waals surface area contributed by atoms with Gasteiger partial charge in [-0.2, -0.15) is 0 Å². The molecule has 20 heavy (non-hydrogen) atoms. The zero-order chi connectivity index (χ0) is 13.9. The summed E-state index contributed by atoms with van der Waals surface area (Å²) in [5.41, 5.74) is 1.43. The monoisotopic (exact) mass is 303 g/mol. The number of fused-ring (bicyclic) bond motifs is 1. The van der Waals surface area contributed by atoms with E-state index in [1.54, 1.807) is 24.3 Å². The van der Waals surface area contributed by atoms with E-state index in [9.17, 15) is 4.79 Å². The molecule has 0 fully saturated rings. The van der Waals surface area contributed by atoms with E-state index in [0.717, 1.165) is 10.2 Å². The fraction of sp³-hybridized carbons (Fsp3) is 0. The molecule has 0 bridgehead atoms. The van der Waals surface area contributed by atoms with E-state index >= 15 is 0 Å². The van der Waals surface area contributed by atoms with Crippen LogP contribution >= 0.6 is 22.9 Å². The maximum atomic E-state index is 11.9. The molecule has 2 N–H and O–H groups in total. The van der Waals surface area contributed by atoms with E-state index in [4.69, 9.17) is 11.6 Å². The quantitative estimate of drug-likeness (QED) is 0.727. The summed E-state index contributed by atoms with van der Waals surface area (Å²) in [4.78, 5) is 16.2. The van der Waals surface area contributed by atoms with Gasteiger partial charge in [-0.3, -0.25) is 5.32 Å². The number of rotatable bonds is 2. The topological polar surface area (TPSA) is 54.0 Å². The minimum atomic E-state index is -0.364. The van der Waals surface area contributed by atoms with Crippen molar-refractivity contribution in [1.82, 2.24) is 4.98 Å². The number of anilines is 2. The molecule has 0 atom stereocenters. The lowest BCUT2D eigenvalue weighted by Crippen LogP contribution is -2.19. The van der Waals surface area contributed by atoms with Gasteiger partial charge >= 0.3 is 6.03 Å². The summed E-state index contributed by atoms with van der Waals surface area (Å²) in [6, 6.07) is 14.4. The number of nitrogens with zero attached hydrogens (tertiary/aromatic N) is 1. The van der Waals surface area contributed by atoms with Crippen molar-refractivity contribution in [2.45, 2.75) is 0 Å². The molecule has 100 valence electrons. The molecule has 1 heterocycles. The Labute approximate surface area is 124 Å². The van der Waals surface area contributed by atoms with Crippen LogP contribution in [0.5, 0.6) is 0 Å². The molecule has 2 amide bonds. The second-order valence-corrected chi connectivity index (χ2v) is 5.48. The number of urea groups is 1. The van der Waals surface area contributed by atoms with Crippen LogP contribution in [0.15, 0.2) is 48.5 Å². The van der Waals surface area contributed by atoms with Crippen molar-refractivity contribution in [3.8, 4) is 0 Å². The maximum absolute atomic E-state index is 11.9. The summed E-state index contributed by atoms with van der Waals surface area (Å²) in [6.07, 6.45) is 0. The van der Waals surface area contributed by atoms with Crippen LogP contribution in [0.3, 0.4) is 0 Å². The van der Waals surface area contributed by atoms with Crippen LogP contribution in [-0.2, 0) is 0 Å². The van der Waals surface area contributed by atoms with Crippen LogP contribution in [0.1, 0.15) is 0 Å². The first kappa shape index (κ1) is 12.9. The predicted molar refractivity (Wildman–Crippen MR) is 83.7 cm³/mol. The summed E-state index contributed by atoms with van der Waals surface area (Å²) in [7, 11) is 0. The lowest BCUT2D eigenvalue weighted by atomic mass is 10.3. The van der Waals surface area contributed by atoms with Crippen molar-refractivity contribution >= 4 is 50.0 Å². The molecule has 0 saturated heterocycles. The Morgan fingerprint density at radius 2 is 1.80 bits per heavy atom. The molecule has 1 aromatic heterocycles. The first-order valence-corrected chi connectivity index (χ1v) is 7.10. The number of carbonyl (C=O) groups excluding carboxylic acids is 1. The van der Waals surface area contributed by atoms with Gasteiger partial charge in [-0.05, 0) is 24.3 Å². The van der Waals surface area contributed by atoms with Gasteiger partial charge in [-0.1, -0.05) is 47.2 Å². The van der Waals surface area contributed by atoms with Gasteiger partial charge in [0.05, 0.1) is 20.9 Å². The third-order valence-electron chi connectivity index (χ3n) is 2.64. The molecule has 3 aromatic rings. The van der Waals surface area contributed by atoms with Gasteiger partial charge in [0.25, 0.3) is 0 Å². The van der Waals surface area contributed by atoms with E-state index in [-0.39, 0.29) is 6.03 Å². The van der Waals surface area contributed by atoms with E-state index < -0.39 is 0 Å². The van der Waals surface area contributed by atoms with Crippen molar-refractivity contribution in [3.63, 3.8) is 0 Å². The van der Waals surface area contributed by atoms with Gasteiger partial charge in [0.1, 0.15) is 0 Å². The number of carbonyl (C=O) groups is 1. The van der Waals surface area contributed by atoms with Crippen LogP contribution in [0.2, 0.25) is 5.02 Å². The Balaban J connectivity index is 1.74. The number of hydrogen-bond donors (Lipinski definition) is 2. The lowest BCUT2D eigenvalue weighted by Gasteiger charge is -2.06. The Kier molecular flexibility index (Phi) is 3.54. The standard InChI is InChI=1S/C14H10ClN3OS/c15-9-5-1-2-6-10(9)16-13(19)18-14-17-11-7-3-4-8-12(11)20-14/h1-8H,(H2,16,17,18,19). The van der Waals surface area contributed by atoms with E-state index in [0.29, 0.717) is 15.8 Å². The Morgan fingerprint density at radius 3 is 2.60 bits per heavy atom. The molecule has 2 aromatic carbocycles. The highest BCUT2D eigenvalue weighted by molar-refractivity contribution is 7.22. The van der Waals surface area contributed by atoms with Crippen LogP contribution in [0.25, 0.3) is 10.2 Å². The van der Waals surface area contributed by atoms with Crippen LogP contribution in [-0.4, -0.2) is 11.0 Å². The normalized spacial score (nSPS) is 10.4. The van der Waals surface area contributed by atoms with E-state index in [1.165, 1.54) is 11.3 Å². The van der Waals surface area contributed by atoms with E-state index in [2.05, 4.69) is 15.6 Å². The average Bonchev–Trinajstić information content (AvgIpc) is 2.83. The zero-order valence-electron chi connectivity index (χ0n) is 10.3. The fourth-order valence-electron chi connectivity index (χ4n) is 1.74. The van der Waals surface area contributed by atoms with Crippen LogP contribution in [0.4, 0.5) is 15.6 Å². The molecule has 0 aliphatic rings. The zero-order valence-corrected chi connectivity index (χ0v) is 11.8. The van der Waals surface area contributed by atoms with Crippen molar-refractivity contribution in [2.24, 2.45) is 0 Å². The Bertz CT molecular complexity index is 739. The third kappa shape index (κ3) is 2.74. The Hall–Kier alpha value is -2.11. The minimum absolute atomic E-state index is 0.364. The first-order chi connectivity index (χ1) is 9.72. The molecule has 6 heteroatoms. The second kappa shape index (κ2) is 5.48. The fourth-order valence-corrected chi connectivity index (χ4v) is 2.78. The van der Waals surface area contributed by atoms with Gasteiger partial charge in [-0.25, -0.2) is 9.78 Å². The van der Waals surface area contributed by atoms with Gasteiger partial charge in [0.2, 0.25) is 0 Å². The molecule has 0 unspecified atom stereocenters. The van der Waals surface area contributed by atoms with Crippen molar-refractivity contribution in [1.29, 1.82) is 0 Å². The molecule has 0 saturated carbocycles. The van der Waals surface area contributed by atoms with Gasteiger partial charge in [0.15, 0.2) is 5.13 Å². The molecule has 0 aliphatic heterocycles. The lowest BCUT2D eigenvalue weighted by molar-refractivity contribution is 0.262. The van der Waals surface area contributed by atoms with Gasteiger partial charge < -0.3 is 5.32 Å². The number of thiazole rings is 1. The first-order valence-electron chi connectivity index (χ1n) is 5.90. The SMILES string of the molecule is O=C(Nc1nc2ccccc2s1)Nc1ccccc1Cl. The summed E-state index contributed by atoms with van der Waals surface area (Å²) >= 11 is 7.40. The van der Waals surface area contributed by atoms with Crippen molar-refractivity contribution in [2.75, 3.05) is 10.6 Å². The highest BCUT2D eigenvalue weighted by atomic mass is 35.5. The second-order valence-electron chi connectivity index (χ2n) is 4.05. The minimum Gasteiger partial charge on any atom is -0.306 e. The summed E-state index contributed by atoms with van der Waals surface area (Å²) in [5, 5.41) is 6.44. The molecule has 3 rings (SSSR count). The molecule has 0 radical (unpaired) electrons. The summed E-state index contributed by atoms with van der Waals surface area (Å²) in [6.45, 7) is 0. The molecular formula is C14H10ClN3OS. The number of aromatic nitrogens is 1. The predicted octanol–water partition coefficient (Wildman–Crippen LogP) is 4.59. The van der Waals surface area contributed by atoms with Crippen molar-refractivity contribution in [3.05, 3.63) is 53.6 Å². The largest absolute Gasteiger partial charge is 0.325 e. The summed E-state index contributed by atoms with van der Waals surface area (Å²) < 4.78 is 1.03. The Morgan fingerprint density at radius 1 is 1.05 bits per heavy atom. The maximum Gasteiger partial charge on any atom is 0.325 e. The highest BCUT2D eigenvalue weighted by Crippen LogP contribution is 2.26. The van der Waals surface area contributed by atoms with E-state index in [1.807, 2.05) is 24.3 Å². The number of amides is 2. The van der Waals surface area contributed by atoms with Gasteiger partial charge in [0, 0.05) is 0 Å². The number of benzene rings is 2. The molecule has 0 aliphatic carbocycles. The van der Waals surface area contributed by atoms with Crippen LogP contribution in [0, 0.1) is 0 Å².